The standard InChI is InChI=1S/C27H26N4O4S2/c1-3-34-21-13-7-18(8-14-21)23-15-16-24(35-23)26-25(22-6-4-5-17-28-22)29-27(36)31(26)20-11-9-19(10-12-20)30-37(2,32)33/h4-17,25-26,30H,3H2,1-2H3,(H,29,36). The van der Waals surface area contributed by atoms with E-state index in [0.29, 0.717) is 23.2 Å². The molecule has 1 fully saturated rings. The van der Waals surface area contributed by atoms with E-state index in [9.17, 15) is 8.42 Å². The fraction of sp³-hybridized carbons (Fsp3) is 0.185. The number of benzene rings is 2. The van der Waals surface area contributed by atoms with Crippen molar-refractivity contribution in [3.63, 3.8) is 0 Å². The van der Waals surface area contributed by atoms with Gasteiger partial charge in [-0.05, 0) is 91.9 Å². The minimum Gasteiger partial charge on any atom is -0.494 e. The smallest absolute Gasteiger partial charge is 0.229 e. The Morgan fingerprint density at radius 3 is 2.46 bits per heavy atom. The van der Waals surface area contributed by atoms with Gasteiger partial charge in [0.1, 0.15) is 23.3 Å². The molecular weight excluding hydrogens is 508 g/mol. The minimum absolute atomic E-state index is 0.262. The number of nitrogens with one attached hydrogen (secondary N) is 2. The number of ether oxygens (including phenoxy) is 1. The number of sulfonamides is 1. The molecule has 190 valence electrons. The lowest BCUT2D eigenvalue weighted by Gasteiger charge is -2.26. The molecule has 0 bridgehead atoms. The molecular formula is C27H26N4O4S2. The summed E-state index contributed by atoms with van der Waals surface area (Å²) in [4.78, 5) is 6.54. The van der Waals surface area contributed by atoms with E-state index < -0.39 is 10.0 Å². The Morgan fingerprint density at radius 1 is 1.05 bits per heavy atom. The van der Waals surface area contributed by atoms with Crippen LogP contribution in [0.15, 0.2) is 89.5 Å². The summed E-state index contributed by atoms with van der Waals surface area (Å²) in [6.07, 6.45) is 2.87. The molecule has 2 N–H and O–H groups in total. The van der Waals surface area contributed by atoms with Crippen molar-refractivity contribution in [3.05, 3.63) is 96.5 Å². The molecule has 3 heterocycles. The summed E-state index contributed by atoms with van der Waals surface area (Å²) in [5.74, 6) is 2.24. The van der Waals surface area contributed by atoms with E-state index >= 15 is 0 Å². The molecule has 0 aliphatic carbocycles. The van der Waals surface area contributed by atoms with E-state index in [1.807, 2.05) is 78.6 Å². The summed E-state index contributed by atoms with van der Waals surface area (Å²) in [5, 5.41) is 3.91. The predicted octanol–water partition coefficient (Wildman–Crippen LogP) is 5.29. The summed E-state index contributed by atoms with van der Waals surface area (Å²) < 4.78 is 37.7. The molecule has 2 atom stereocenters. The van der Waals surface area contributed by atoms with Crippen LogP contribution in [0.4, 0.5) is 11.4 Å². The van der Waals surface area contributed by atoms with Gasteiger partial charge in [0.15, 0.2) is 5.11 Å². The number of aromatic nitrogens is 1. The number of rotatable bonds is 8. The second-order valence-electron chi connectivity index (χ2n) is 8.58. The molecule has 2 aromatic heterocycles. The quantitative estimate of drug-likeness (QED) is 0.295. The van der Waals surface area contributed by atoms with E-state index in [0.717, 1.165) is 34.7 Å². The number of anilines is 2. The highest BCUT2D eigenvalue weighted by Gasteiger charge is 2.42. The number of thiocarbonyl (C=S) groups is 1. The molecule has 0 saturated carbocycles. The Labute approximate surface area is 221 Å². The van der Waals surface area contributed by atoms with Crippen LogP contribution >= 0.6 is 12.2 Å². The normalized spacial score (nSPS) is 17.5. The van der Waals surface area contributed by atoms with Gasteiger partial charge in [0, 0.05) is 23.1 Å². The minimum atomic E-state index is -3.38. The molecule has 0 amide bonds. The van der Waals surface area contributed by atoms with Gasteiger partial charge in [0.05, 0.1) is 24.6 Å². The number of furan rings is 1. The Bertz CT molecular complexity index is 1490. The zero-order chi connectivity index (χ0) is 26.0. The highest BCUT2D eigenvalue weighted by molar-refractivity contribution is 7.92. The third-order valence-corrected chi connectivity index (χ3v) is 6.84. The van der Waals surface area contributed by atoms with Gasteiger partial charge in [-0.1, -0.05) is 6.07 Å². The summed E-state index contributed by atoms with van der Waals surface area (Å²) in [7, 11) is -3.38. The SMILES string of the molecule is CCOc1ccc(-c2ccc(C3C(c4ccccn4)NC(=S)N3c3ccc(NS(C)(=O)=O)cc3)o2)cc1. The largest absolute Gasteiger partial charge is 0.494 e. The van der Waals surface area contributed by atoms with Crippen molar-refractivity contribution in [2.24, 2.45) is 0 Å². The van der Waals surface area contributed by atoms with E-state index in [4.69, 9.17) is 21.4 Å². The van der Waals surface area contributed by atoms with Crippen molar-refractivity contribution < 1.29 is 17.6 Å². The third-order valence-electron chi connectivity index (χ3n) is 5.91. The highest BCUT2D eigenvalue weighted by Crippen LogP contribution is 2.43. The molecule has 8 nitrogen and oxygen atoms in total. The molecule has 2 aromatic carbocycles. The maximum atomic E-state index is 11.6. The average molecular weight is 535 g/mol. The first-order valence-electron chi connectivity index (χ1n) is 11.7. The molecule has 1 saturated heterocycles. The molecule has 37 heavy (non-hydrogen) atoms. The summed E-state index contributed by atoms with van der Waals surface area (Å²) >= 11 is 5.76. The maximum absolute atomic E-state index is 11.6. The third kappa shape index (κ3) is 5.45. The van der Waals surface area contributed by atoms with E-state index in [1.165, 1.54) is 0 Å². The number of hydrogen-bond acceptors (Lipinski definition) is 6. The molecule has 5 rings (SSSR count). The monoisotopic (exact) mass is 534 g/mol. The van der Waals surface area contributed by atoms with Crippen molar-refractivity contribution >= 4 is 38.7 Å². The fourth-order valence-electron chi connectivity index (χ4n) is 4.38. The summed E-state index contributed by atoms with van der Waals surface area (Å²) in [5.41, 5.74) is 3.02. The molecule has 10 heteroatoms. The Hall–Kier alpha value is -3.89. The lowest BCUT2D eigenvalue weighted by molar-refractivity contribution is 0.340. The van der Waals surface area contributed by atoms with Crippen LogP contribution in [0.1, 0.15) is 30.5 Å². The first kappa shape index (κ1) is 24.8. The first-order chi connectivity index (χ1) is 17.8. The maximum Gasteiger partial charge on any atom is 0.229 e. The van der Waals surface area contributed by atoms with Crippen molar-refractivity contribution in [2.45, 2.75) is 19.0 Å². The van der Waals surface area contributed by atoms with Crippen LogP contribution in [-0.2, 0) is 10.0 Å². The zero-order valence-corrected chi connectivity index (χ0v) is 21.9. The molecule has 0 spiro atoms. The van der Waals surface area contributed by atoms with Gasteiger partial charge in [-0.2, -0.15) is 0 Å². The van der Waals surface area contributed by atoms with Crippen molar-refractivity contribution in [3.8, 4) is 17.1 Å². The zero-order valence-electron chi connectivity index (χ0n) is 20.3. The van der Waals surface area contributed by atoms with Crippen LogP contribution < -0.4 is 19.7 Å². The van der Waals surface area contributed by atoms with Crippen LogP contribution in [0.25, 0.3) is 11.3 Å². The Balaban J connectivity index is 1.51. The van der Waals surface area contributed by atoms with Crippen LogP contribution in [-0.4, -0.2) is 31.4 Å². The molecule has 1 aliphatic heterocycles. The Morgan fingerprint density at radius 2 is 1.81 bits per heavy atom. The van der Waals surface area contributed by atoms with Gasteiger partial charge < -0.3 is 19.4 Å². The van der Waals surface area contributed by atoms with E-state index in [-0.39, 0.29) is 12.1 Å². The average Bonchev–Trinajstić information content (AvgIpc) is 3.50. The van der Waals surface area contributed by atoms with Gasteiger partial charge in [0.25, 0.3) is 0 Å². The lowest BCUT2D eigenvalue weighted by atomic mass is 10.0. The van der Waals surface area contributed by atoms with Gasteiger partial charge in [0.2, 0.25) is 10.0 Å². The van der Waals surface area contributed by atoms with Gasteiger partial charge >= 0.3 is 0 Å². The van der Waals surface area contributed by atoms with Crippen molar-refractivity contribution in [1.29, 1.82) is 0 Å². The van der Waals surface area contributed by atoms with Gasteiger partial charge in [-0.3, -0.25) is 9.71 Å². The van der Waals surface area contributed by atoms with Gasteiger partial charge in [-0.25, -0.2) is 8.42 Å². The second kappa shape index (κ2) is 10.2. The Kier molecular flexibility index (Phi) is 6.86. The summed E-state index contributed by atoms with van der Waals surface area (Å²) in [6.45, 7) is 2.56. The number of pyridine rings is 1. The molecule has 1 aliphatic rings. The lowest BCUT2D eigenvalue weighted by Crippen LogP contribution is -2.29. The number of nitrogens with zero attached hydrogens (tertiary/aromatic N) is 2. The van der Waals surface area contributed by atoms with E-state index in [1.54, 1.807) is 18.3 Å². The molecule has 2 unspecified atom stereocenters. The van der Waals surface area contributed by atoms with Gasteiger partial charge in [-0.15, -0.1) is 0 Å². The van der Waals surface area contributed by atoms with Crippen molar-refractivity contribution in [2.75, 3.05) is 22.5 Å². The van der Waals surface area contributed by atoms with Crippen LogP contribution in [0.5, 0.6) is 5.75 Å². The molecule has 0 radical (unpaired) electrons. The van der Waals surface area contributed by atoms with Crippen LogP contribution in [0.2, 0.25) is 0 Å². The first-order valence-corrected chi connectivity index (χ1v) is 14.0. The van der Waals surface area contributed by atoms with Crippen LogP contribution in [0.3, 0.4) is 0 Å². The topological polar surface area (TPSA) is 96.7 Å². The van der Waals surface area contributed by atoms with Crippen LogP contribution in [0, 0.1) is 0 Å². The number of hydrogen-bond donors (Lipinski definition) is 2. The molecule has 4 aromatic rings. The van der Waals surface area contributed by atoms with E-state index in [2.05, 4.69) is 15.0 Å². The highest BCUT2D eigenvalue weighted by atomic mass is 32.2. The predicted molar refractivity (Wildman–Crippen MR) is 148 cm³/mol. The summed E-state index contributed by atoms with van der Waals surface area (Å²) in [6, 6.07) is 23.9. The second-order valence-corrected chi connectivity index (χ2v) is 10.7. The fourth-order valence-corrected chi connectivity index (χ4v) is 5.29. The van der Waals surface area contributed by atoms with Crippen molar-refractivity contribution in [1.82, 2.24) is 10.3 Å².